The molecule has 1 heterocycles. The van der Waals surface area contributed by atoms with Crippen LogP contribution in [0.5, 0.6) is 0 Å². The van der Waals surface area contributed by atoms with Gasteiger partial charge in [-0.05, 0) is 33.2 Å². The normalized spacial score (nSPS) is 25.1. The predicted octanol–water partition coefficient (Wildman–Crippen LogP) is 1.33. The van der Waals surface area contributed by atoms with Gasteiger partial charge < -0.3 is 5.11 Å². The van der Waals surface area contributed by atoms with Crippen LogP contribution in [0.1, 0.15) is 33.1 Å². The van der Waals surface area contributed by atoms with Crippen LogP contribution < -0.4 is 0 Å². The summed E-state index contributed by atoms with van der Waals surface area (Å²) in [7, 11) is 0. The van der Waals surface area contributed by atoms with Gasteiger partial charge in [0.15, 0.2) is 0 Å². The van der Waals surface area contributed by atoms with E-state index in [-0.39, 0.29) is 6.04 Å². The number of likely N-dealkylation sites (tertiary alicyclic amines) is 1. The van der Waals surface area contributed by atoms with Gasteiger partial charge in [0.25, 0.3) is 0 Å². The molecule has 0 bridgehead atoms. The Morgan fingerprint density at radius 1 is 1.67 bits per heavy atom. The zero-order valence-corrected chi connectivity index (χ0v) is 7.79. The van der Waals surface area contributed by atoms with E-state index in [0.717, 1.165) is 19.4 Å². The molecule has 0 unspecified atom stereocenters. The number of carboxylic acids is 1. The average Bonchev–Trinajstić information content (AvgIpc) is 2.33. The van der Waals surface area contributed by atoms with Crippen LogP contribution in [-0.2, 0) is 4.79 Å². The summed E-state index contributed by atoms with van der Waals surface area (Å²) in [5.41, 5.74) is 0. The summed E-state index contributed by atoms with van der Waals surface area (Å²) in [6.45, 7) is 5.32. The lowest BCUT2D eigenvalue weighted by molar-refractivity contribution is -0.138. The minimum atomic E-state index is -0.674. The highest BCUT2D eigenvalue weighted by atomic mass is 16.4. The van der Waals surface area contributed by atoms with Crippen molar-refractivity contribution in [2.75, 3.05) is 6.54 Å². The Hall–Kier alpha value is -0.570. The highest BCUT2D eigenvalue weighted by Crippen LogP contribution is 2.22. The fourth-order valence-corrected chi connectivity index (χ4v) is 1.96. The van der Waals surface area contributed by atoms with Gasteiger partial charge in [0.2, 0.25) is 0 Å². The van der Waals surface area contributed by atoms with Crippen LogP contribution >= 0.6 is 0 Å². The summed E-state index contributed by atoms with van der Waals surface area (Å²) < 4.78 is 0. The largest absolute Gasteiger partial charge is 0.481 e. The van der Waals surface area contributed by atoms with Gasteiger partial charge in [-0.2, -0.15) is 0 Å². The van der Waals surface area contributed by atoms with E-state index in [1.165, 1.54) is 0 Å². The molecule has 0 saturated carbocycles. The van der Waals surface area contributed by atoms with Crippen molar-refractivity contribution in [2.45, 2.75) is 45.2 Å². The number of hydrogen-bond donors (Lipinski definition) is 1. The maximum absolute atomic E-state index is 10.5. The maximum atomic E-state index is 10.5. The van der Waals surface area contributed by atoms with E-state index in [1.54, 1.807) is 0 Å². The third-order valence-electron chi connectivity index (χ3n) is 2.50. The van der Waals surface area contributed by atoms with Crippen molar-refractivity contribution < 1.29 is 9.90 Å². The highest BCUT2D eigenvalue weighted by Gasteiger charge is 2.27. The first-order valence-corrected chi connectivity index (χ1v) is 4.59. The summed E-state index contributed by atoms with van der Waals surface area (Å²) in [5, 5.41) is 8.65. The summed E-state index contributed by atoms with van der Waals surface area (Å²) in [5.74, 6) is -0.674. The van der Waals surface area contributed by atoms with E-state index >= 15 is 0 Å². The van der Waals surface area contributed by atoms with E-state index in [9.17, 15) is 4.79 Å². The Bertz CT molecular complexity index is 168. The van der Waals surface area contributed by atoms with Crippen molar-refractivity contribution in [3.63, 3.8) is 0 Å². The van der Waals surface area contributed by atoms with E-state index < -0.39 is 5.97 Å². The molecule has 1 saturated heterocycles. The van der Waals surface area contributed by atoms with E-state index in [0.29, 0.717) is 12.5 Å². The van der Waals surface area contributed by atoms with Crippen molar-refractivity contribution in [3.8, 4) is 0 Å². The molecule has 1 rings (SSSR count). The number of hydrogen-bond acceptors (Lipinski definition) is 2. The summed E-state index contributed by atoms with van der Waals surface area (Å²) in [4.78, 5) is 12.8. The molecule has 0 aromatic rings. The molecular weight excluding hydrogens is 154 g/mol. The fraction of sp³-hybridized carbons (Fsp3) is 0.889. The van der Waals surface area contributed by atoms with Gasteiger partial charge >= 0.3 is 5.97 Å². The lowest BCUT2D eigenvalue weighted by atomic mass is 10.1. The van der Waals surface area contributed by atoms with Crippen molar-refractivity contribution in [3.05, 3.63) is 0 Å². The third kappa shape index (κ3) is 2.21. The first kappa shape index (κ1) is 9.52. The van der Waals surface area contributed by atoms with Crippen molar-refractivity contribution in [1.82, 2.24) is 4.90 Å². The Kier molecular flexibility index (Phi) is 3.09. The van der Waals surface area contributed by atoms with E-state index in [2.05, 4.69) is 18.7 Å². The van der Waals surface area contributed by atoms with Gasteiger partial charge in [-0.15, -0.1) is 0 Å². The monoisotopic (exact) mass is 171 g/mol. The number of nitrogens with zero attached hydrogens (tertiary/aromatic N) is 1. The van der Waals surface area contributed by atoms with Crippen LogP contribution in [0.15, 0.2) is 0 Å². The smallest absolute Gasteiger partial charge is 0.304 e. The molecule has 1 atom stereocenters. The van der Waals surface area contributed by atoms with Gasteiger partial charge in [-0.3, -0.25) is 9.69 Å². The highest BCUT2D eigenvalue weighted by molar-refractivity contribution is 5.67. The molecule has 12 heavy (non-hydrogen) atoms. The van der Waals surface area contributed by atoms with E-state index in [1.807, 2.05) is 0 Å². The quantitative estimate of drug-likeness (QED) is 0.696. The summed E-state index contributed by atoms with van der Waals surface area (Å²) >= 11 is 0. The van der Waals surface area contributed by atoms with Crippen LogP contribution in [0.2, 0.25) is 0 Å². The zero-order chi connectivity index (χ0) is 9.14. The SMILES string of the molecule is CC(C)N1CCC[C@@H]1CC(=O)O. The molecule has 0 aromatic carbocycles. The number of carbonyl (C=O) groups is 1. The third-order valence-corrected chi connectivity index (χ3v) is 2.50. The molecule has 1 N–H and O–H groups in total. The van der Waals surface area contributed by atoms with Crippen molar-refractivity contribution in [1.29, 1.82) is 0 Å². The maximum Gasteiger partial charge on any atom is 0.304 e. The lowest BCUT2D eigenvalue weighted by Crippen LogP contribution is -2.36. The Morgan fingerprint density at radius 3 is 2.83 bits per heavy atom. The second-order valence-electron chi connectivity index (χ2n) is 3.73. The average molecular weight is 171 g/mol. The molecule has 0 spiro atoms. The molecule has 0 radical (unpaired) electrons. The molecule has 0 aromatic heterocycles. The number of aliphatic carboxylic acids is 1. The Balaban J connectivity index is 2.46. The Morgan fingerprint density at radius 2 is 2.33 bits per heavy atom. The molecule has 3 nitrogen and oxygen atoms in total. The van der Waals surface area contributed by atoms with Crippen LogP contribution in [0.25, 0.3) is 0 Å². The zero-order valence-electron chi connectivity index (χ0n) is 7.79. The summed E-state index contributed by atoms with van der Waals surface area (Å²) in [6, 6.07) is 0.763. The molecular formula is C9H17NO2. The van der Waals surface area contributed by atoms with Gasteiger partial charge in [-0.25, -0.2) is 0 Å². The lowest BCUT2D eigenvalue weighted by Gasteiger charge is -2.26. The van der Waals surface area contributed by atoms with E-state index in [4.69, 9.17) is 5.11 Å². The molecule has 1 aliphatic heterocycles. The Labute approximate surface area is 73.4 Å². The topological polar surface area (TPSA) is 40.5 Å². The molecule has 0 amide bonds. The second kappa shape index (κ2) is 3.90. The minimum absolute atomic E-state index is 0.280. The van der Waals surface area contributed by atoms with Crippen LogP contribution in [0, 0.1) is 0 Å². The van der Waals surface area contributed by atoms with Crippen molar-refractivity contribution >= 4 is 5.97 Å². The standard InChI is InChI=1S/C9H17NO2/c1-7(2)10-5-3-4-8(10)6-9(11)12/h7-8H,3-6H2,1-2H3,(H,11,12)/t8-/m1/s1. The molecule has 1 aliphatic rings. The van der Waals surface area contributed by atoms with Gasteiger partial charge in [0.1, 0.15) is 0 Å². The van der Waals surface area contributed by atoms with Crippen LogP contribution in [-0.4, -0.2) is 34.6 Å². The molecule has 3 heteroatoms. The van der Waals surface area contributed by atoms with Crippen molar-refractivity contribution in [2.24, 2.45) is 0 Å². The molecule has 70 valence electrons. The van der Waals surface area contributed by atoms with Gasteiger partial charge in [0, 0.05) is 12.1 Å². The number of rotatable bonds is 3. The van der Waals surface area contributed by atoms with Crippen LogP contribution in [0.3, 0.4) is 0 Å². The van der Waals surface area contributed by atoms with Gasteiger partial charge in [-0.1, -0.05) is 0 Å². The van der Waals surface area contributed by atoms with Gasteiger partial charge in [0.05, 0.1) is 6.42 Å². The molecule has 0 aliphatic carbocycles. The second-order valence-corrected chi connectivity index (χ2v) is 3.73. The summed E-state index contributed by atoms with van der Waals surface area (Å²) in [6.07, 6.45) is 2.50. The predicted molar refractivity (Wildman–Crippen MR) is 47.1 cm³/mol. The minimum Gasteiger partial charge on any atom is -0.481 e. The van der Waals surface area contributed by atoms with Crippen LogP contribution in [0.4, 0.5) is 0 Å². The first-order chi connectivity index (χ1) is 5.61. The first-order valence-electron chi connectivity index (χ1n) is 4.59. The molecule has 1 fully saturated rings. The number of carboxylic acid groups (broad SMARTS) is 1. The fourth-order valence-electron chi connectivity index (χ4n) is 1.96.